The number of thiocarbonyl (C=S) groups is 1. The average molecular weight is 339 g/mol. The summed E-state index contributed by atoms with van der Waals surface area (Å²) in [5, 5.41) is 6.52. The first-order valence-electron chi connectivity index (χ1n) is 6.80. The van der Waals surface area contributed by atoms with E-state index in [1.807, 2.05) is 31.2 Å². The molecule has 2 aromatic rings. The molecule has 0 saturated carbocycles. The quantitative estimate of drug-likeness (QED) is 0.793. The lowest BCUT2D eigenvalue weighted by Gasteiger charge is -2.12. The lowest BCUT2D eigenvalue weighted by atomic mass is 10.2. The highest BCUT2D eigenvalue weighted by molar-refractivity contribution is 7.80. The van der Waals surface area contributed by atoms with Crippen LogP contribution in [0.3, 0.4) is 0 Å². The van der Waals surface area contributed by atoms with Crippen molar-refractivity contribution < 1.29 is 9.13 Å². The van der Waals surface area contributed by atoms with Gasteiger partial charge in [0.1, 0.15) is 11.6 Å². The highest BCUT2D eigenvalue weighted by Crippen LogP contribution is 2.19. The Bertz CT molecular complexity index is 666. The van der Waals surface area contributed by atoms with Gasteiger partial charge in [0, 0.05) is 12.2 Å². The largest absolute Gasteiger partial charge is 0.494 e. The van der Waals surface area contributed by atoms with E-state index in [2.05, 4.69) is 10.6 Å². The predicted molar refractivity (Wildman–Crippen MR) is 92.1 cm³/mol. The molecule has 2 N–H and O–H groups in total. The number of rotatable bonds is 5. The Kier molecular flexibility index (Phi) is 5.98. The molecule has 0 fully saturated rings. The fourth-order valence-corrected chi connectivity index (χ4v) is 2.21. The van der Waals surface area contributed by atoms with Crippen molar-refractivity contribution >= 4 is 34.6 Å². The summed E-state index contributed by atoms with van der Waals surface area (Å²) >= 11 is 10.9. The number of ether oxygens (including phenoxy) is 1. The van der Waals surface area contributed by atoms with Crippen LogP contribution >= 0.6 is 23.8 Å². The molecule has 6 heteroatoms. The summed E-state index contributed by atoms with van der Waals surface area (Å²) in [4.78, 5) is 0. The zero-order chi connectivity index (χ0) is 15.9. The van der Waals surface area contributed by atoms with E-state index in [9.17, 15) is 4.39 Å². The molecular formula is C16H16ClFN2OS. The third-order valence-electron chi connectivity index (χ3n) is 2.84. The van der Waals surface area contributed by atoms with Crippen molar-refractivity contribution in [3.05, 3.63) is 58.9 Å². The van der Waals surface area contributed by atoms with Crippen molar-refractivity contribution in [1.82, 2.24) is 5.32 Å². The fraction of sp³-hybridized carbons (Fsp3) is 0.188. The summed E-state index contributed by atoms with van der Waals surface area (Å²) in [6.45, 7) is 3.13. The molecule has 22 heavy (non-hydrogen) atoms. The van der Waals surface area contributed by atoms with E-state index in [4.69, 9.17) is 28.6 Å². The summed E-state index contributed by atoms with van der Waals surface area (Å²) < 4.78 is 18.5. The van der Waals surface area contributed by atoms with E-state index in [0.29, 0.717) is 24.0 Å². The second-order valence-electron chi connectivity index (χ2n) is 4.52. The van der Waals surface area contributed by atoms with Crippen LogP contribution in [0.25, 0.3) is 0 Å². The Hall–Kier alpha value is -1.85. The zero-order valence-corrected chi connectivity index (χ0v) is 13.6. The summed E-state index contributed by atoms with van der Waals surface area (Å²) in [6.07, 6.45) is 0. The van der Waals surface area contributed by atoms with Crippen molar-refractivity contribution in [1.29, 1.82) is 0 Å². The second kappa shape index (κ2) is 7.96. The molecule has 0 radical (unpaired) electrons. The molecule has 0 heterocycles. The van der Waals surface area contributed by atoms with Crippen LogP contribution in [-0.2, 0) is 6.54 Å². The first kappa shape index (κ1) is 16.5. The van der Waals surface area contributed by atoms with Crippen molar-refractivity contribution in [2.24, 2.45) is 0 Å². The number of nitrogens with one attached hydrogen (secondary N) is 2. The summed E-state index contributed by atoms with van der Waals surface area (Å²) in [7, 11) is 0. The smallest absolute Gasteiger partial charge is 0.171 e. The maximum atomic E-state index is 13.1. The molecular weight excluding hydrogens is 323 g/mol. The fourth-order valence-electron chi connectivity index (χ4n) is 1.84. The minimum absolute atomic E-state index is 0.0530. The van der Waals surface area contributed by atoms with Gasteiger partial charge in [0.05, 0.1) is 11.6 Å². The Morgan fingerprint density at radius 2 is 2.09 bits per heavy atom. The van der Waals surface area contributed by atoms with Crippen LogP contribution in [0.2, 0.25) is 5.02 Å². The molecule has 0 unspecified atom stereocenters. The molecule has 0 amide bonds. The van der Waals surface area contributed by atoms with E-state index in [-0.39, 0.29) is 5.02 Å². The molecule has 0 atom stereocenters. The van der Waals surface area contributed by atoms with Crippen LogP contribution in [0.15, 0.2) is 42.5 Å². The minimum Gasteiger partial charge on any atom is -0.494 e. The Balaban J connectivity index is 1.89. The van der Waals surface area contributed by atoms with Gasteiger partial charge < -0.3 is 15.4 Å². The molecule has 0 aliphatic heterocycles. The van der Waals surface area contributed by atoms with Gasteiger partial charge in [0.25, 0.3) is 0 Å². The van der Waals surface area contributed by atoms with Crippen LogP contribution in [-0.4, -0.2) is 11.7 Å². The molecule has 116 valence electrons. The van der Waals surface area contributed by atoms with Gasteiger partial charge in [-0.2, -0.15) is 0 Å². The van der Waals surface area contributed by atoms with Crippen molar-refractivity contribution in [2.45, 2.75) is 13.5 Å². The van der Waals surface area contributed by atoms with Crippen LogP contribution in [0, 0.1) is 5.82 Å². The van der Waals surface area contributed by atoms with Crippen LogP contribution < -0.4 is 15.4 Å². The molecule has 2 aromatic carbocycles. The molecule has 0 aromatic heterocycles. The van der Waals surface area contributed by atoms with Gasteiger partial charge in [-0.1, -0.05) is 23.7 Å². The number of hydrogen-bond acceptors (Lipinski definition) is 2. The van der Waals surface area contributed by atoms with Gasteiger partial charge in [-0.15, -0.1) is 0 Å². The van der Waals surface area contributed by atoms with Gasteiger partial charge in [-0.05, 0) is 55.0 Å². The monoisotopic (exact) mass is 338 g/mol. The van der Waals surface area contributed by atoms with Crippen LogP contribution in [0.4, 0.5) is 10.1 Å². The minimum atomic E-state index is -0.459. The normalized spacial score (nSPS) is 10.1. The van der Waals surface area contributed by atoms with E-state index in [1.54, 1.807) is 6.07 Å². The predicted octanol–water partition coefficient (Wildman–Crippen LogP) is 4.36. The molecule has 0 spiro atoms. The Morgan fingerprint density at radius 1 is 1.27 bits per heavy atom. The summed E-state index contributed by atoms with van der Waals surface area (Å²) in [5.74, 6) is 0.366. The third kappa shape index (κ3) is 4.86. The van der Waals surface area contributed by atoms with Crippen molar-refractivity contribution in [2.75, 3.05) is 11.9 Å². The van der Waals surface area contributed by atoms with Gasteiger partial charge in [0.15, 0.2) is 5.11 Å². The topological polar surface area (TPSA) is 33.3 Å². The first-order valence-corrected chi connectivity index (χ1v) is 7.58. The maximum absolute atomic E-state index is 13.1. The summed E-state index contributed by atoms with van der Waals surface area (Å²) in [6, 6.07) is 12.1. The van der Waals surface area contributed by atoms with Gasteiger partial charge in [-0.25, -0.2) is 4.39 Å². The number of benzene rings is 2. The zero-order valence-electron chi connectivity index (χ0n) is 12.0. The second-order valence-corrected chi connectivity index (χ2v) is 5.33. The molecule has 0 aliphatic rings. The number of hydrogen-bond donors (Lipinski definition) is 2. The Labute approximate surface area is 139 Å². The molecule has 2 rings (SSSR count). The first-order chi connectivity index (χ1) is 10.6. The molecule has 3 nitrogen and oxygen atoms in total. The van der Waals surface area contributed by atoms with Gasteiger partial charge in [0.2, 0.25) is 0 Å². The van der Waals surface area contributed by atoms with Crippen LogP contribution in [0.1, 0.15) is 12.5 Å². The summed E-state index contributed by atoms with van der Waals surface area (Å²) in [5.41, 5.74) is 1.68. The molecule has 0 bridgehead atoms. The van der Waals surface area contributed by atoms with E-state index < -0.39 is 5.82 Å². The number of anilines is 1. The third-order valence-corrected chi connectivity index (χ3v) is 3.38. The SMILES string of the molecule is CCOc1cccc(CNC(=S)Nc2ccc(F)c(Cl)c2)c1. The van der Waals surface area contributed by atoms with E-state index in [0.717, 1.165) is 11.3 Å². The van der Waals surface area contributed by atoms with Crippen molar-refractivity contribution in [3.63, 3.8) is 0 Å². The number of halogens is 2. The lowest BCUT2D eigenvalue weighted by Crippen LogP contribution is -2.27. The van der Waals surface area contributed by atoms with E-state index >= 15 is 0 Å². The van der Waals surface area contributed by atoms with Crippen molar-refractivity contribution in [3.8, 4) is 5.75 Å². The highest BCUT2D eigenvalue weighted by atomic mass is 35.5. The van der Waals surface area contributed by atoms with Gasteiger partial charge >= 0.3 is 0 Å². The highest BCUT2D eigenvalue weighted by Gasteiger charge is 2.03. The lowest BCUT2D eigenvalue weighted by molar-refractivity contribution is 0.340. The molecule has 0 aliphatic carbocycles. The van der Waals surface area contributed by atoms with Crippen LogP contribution in [0.5, 0.6) is 5.75 Å². The van der Waals surface area contributed by atoms with Gasteiger partial charge in [-0.3, -0.25) is 0 Å². The van der Waals surface area contributed by atoms with E-state index in [1.165, 1.54) is 12.1 Å². The Morgan fingerprint density at radius 3 is 2.82 bits per heavy atom. The molecule has 0 saturated heterocycles. The standard InChI is InChI=1S/C16H16ClFN2OS/c1-2-21-13-5-3-4-11(8-13)10-19-16(22)20-12-6-7-15(18)14(17)9-12/h3-9H,2,10H2,1H3,(H2,19,20,22). The maximum Gasteiger partial charge on any atom is 0.171 e. The average Bonchev–Trinajstić information content (AvgIpc) is 2.50.